The van der Waals surface area contributed by atoms with E-state index in [-0.39, 0.29) is 29.0 Å². The van der Waals surface area contributed by atoms with Crippen LogP contribution in [0.3, 0.4) is 0 Å². The Morgan fingerprint density at radius 2 is 2.03 bits per heavy atom. The molecule has 1 aliphatic rings. The Morgan fingerprint density at radius 1 is 1.29 bits per heavy atom. The largest absolute Gasteiger partial charge is 0.439 e. The van der Waals surface area contributed by atoms with E-state index in [9.17, 15) is 9.18 Å². The molecule has 1 unspecified atom stereocenters. The summed E-state index contributed by atoms with van der Waals surface area (Å²) >= 11 is 0. The summed E-state index contributed by atoms with van der Waals surface area (Å²) in [6.07, 6.45) is 4.73. The highest BCUT2D eigenvalue weighted by Crippen LogP contribution is 2.21. The Bertz CT molecular complexity index is 1030. The first-order chi connectivity index (χ1) is 14.9. The number of amides is 1. The van der Waals surface area contributed by atoms with Gasteiger partial charge in [-0.3, -0.25) is 10.2 Å². The number of likely N-dealkylation sites (tertiary alicyclic amines) is 1. The fourth-order valence-corrected chi connectivity index (χ4v) is 3.25. The van der Waals surface area contributed by atoms with Gasteiger partial charge in [0, 0.05) is 30.8 Å². The van der Waals surface area contributed by atoms with E-state index >= 15 is 0 Å². The Labute approximate surface area is 178 Å². The van der Waals surface area contributed by atoms with E-state index in [2.05, 4.69) is 16.5 Å². The van der Waals surface area contributed by atoms with Gasteiger partial charge in [0.25, 0.3) is 5.91 Å². The molecular formula is C21H22FN7O2. The zero-order valence-electron chi connectivity index (χ0n) is 16.6. The summed E-state index contributed by atoms with van der Waals surface area (Å²) in [6.45, 7) is 1.14. The van der Waals surface area contributed by atoms with Crippen LogP contribution in [0.1, 0.15) is 18.4 Å². The number of nitriles is 1. The number of benzene rings is 1. The van der Waals surface area contributed by atoms with E-state index in [0.717, 1.165) is 19.0 Å². The van der Waals surface area contributed by atoms with Crippen LogP contribution < -0.4 is 21.5 Å². The monoisotopic (exact) mass is 423 g/mol. The van der Waals surface area contributed by atoms with Crippen molar-refractivity contribution in [2.24, 2.45) is 11.5 Å². The summed E-state index contributed by atoms with van der Waals surface area (Å²) in [7, 11) is 0. The van der Waals surface area contributed by atoms with Gasteiger partial charge < -0.3 is 26.4 Å². The van der Waals surface area contributed by atoms with Crippen molar-refractivity contribution in [2.75, 3.05) is 13.1 Å². The minimum Gasteiger partial charge on any atom is -0.439 e. The lowest BCUT2D eigenvalue weighted by Gasteiger charge is -2.30. The number of nitrogens with one attached hydrogen (secondary N) is 2. The number of nitrogens with two attached hydrogens (primary N) is 2. The summed E-state index contributed by atoms with van der Waals surface area (Å²) < 4.78 is 18.5. The van der Waals surface area contributed by atoms with Crippen LogP contribution in [0, 0.1) is 22.7 Å². The molecule has 31 heavy (non-hydrogen) atoms. The van der Waals surface area contributed by atoms with Crippen LogP contribution >= 0.6 is 0 Å². The third-order valence-corrected chi connectivity index (χ3v) is 4.75. The van der Waals surface area contributed by atoms with Gasteiger partial charge in [-0.05, 0) is 43.2 Å². The van der Waals surface area contributed by atoms with E-state index in [4.69, 9.17) is 26.9 Å². The fourth-order valence-electron chi connectivity index (χ4n) is 3.25. The highest BCUT2D eigenvalue weighted by atomic mass is 19.1. The standard InChI is InChI=1S/C21H22FN7O2/c22-14-5-8-17(27-10-14)31-16-6-3-13(4-7-16)19(24)18(21(26)30)20(25)28-15-2-1-9-29(11-15)12-23/h3-8,10,15,24,28H,1-2,9,11,25H2,(H2,26,30)/b20-18+,24-19?. The summed E-state index contributed by atoms with van der Waals surface area (Å²) in [5, 5.41) is 20.5. The molecule has 1 fully saturated rings. The molecule has 160 valence electrons. The highest BCUT2D eigenvalue weighted by molar-refractivity contribution is 6.26. The number of piperidine rings is 1. The molecule has 0 spiro atoms. The first kappa shape index (κ1) is 21.6. The molecule has 2 aromatic rings. The predicted octanol–water partition coefficient (Wildman–Crippen LogP) is 1.57. The number of ether oxygens (including phenoxy) is 1. The number of rotatable bonds is 7. The minimum absolute atomic E-state index is 0.00173. The maximum atomic E-state index is 12.9. The van der Waals surface area contributed by atoms with Crippen LogP contribution in [-0.2, 0) is 4.79 Å². The summed E-state index contributed by atoms with van der Waals surface area (Å²) in [4.78, 5) is 17.5. The van der Waals surface area contributed by atoms with Crippen molar-refractivity contribution in [3.63, 3.8) is 0 Å². The van der Waals surface area contributed by atoms with Crippen LogP contribution in [0.25, 0.3) is 0 Å². The normalized spacial score (nSPS) is 16.6. The smallest absolute Gasteiger partial charge is 0.254 e. The molecule has 6 N–H and O–H groups in total. The first-order valence-corrected chi connectivity index (χ1v) is 9.57. The second-order valence-corrected chi connectivity index (χ2v) is 7.00. The van der Waals surface area contributed by atoms with E-state index < -0.39 is 11.7 Å². The van der Waals surface area contributed by atoms with Gasteiger partial charge in [0.05, 0.1) is 11.9 Å². The molecule has 0 radical (unpaired) electrons. The average molecular weight is 423 g/mol. The Kier molecular flexibility index (Phi) is 6.67. The molecule has 3 rings (SSSR count). The molecule has 1 atom stereocenters. The van der Waals surface area contributed by atoms with Crippen LogP contribution in [0.5, 0.6) is 11.6 Å². The van der Waals surface area contributed by atoms with Gasteiger partial charge in [-0.15, -0.1) is 0 Å². The Balaban J connectivity index is 1.74. The number of carbonyl (C=O) groups excluding carboxylic acids is 1. The quantitative estimate of drug-likeness (QED) is 0.299. The second-order valence-electron chi connectivity index (χ2n) is 7.00. The minimum atomic E-state index is -0.834. The van der Waals surface area contributed by atoms with Gasteiger partial charge in [0.15, 0.2) is 6.19 Å². The molecule has 1 aromatic heterocycles. The van der Waals surface area contributed by atoms with Crippen LogP contribution in [0.2, 0.25) is 0 Å². The van der Waals surface area contributed by atoms with Gasteiger partial charge in [-0.1, -0.05) is 0 Å². The number of pyridine rings is 1. The van der Waals surface area contributed by atoms with Gasteiger partial charge in [0.1, 0.15) is 23.0 Å². The summed E-state index contributed by atoms with van der Waals surface area (Å²) in [6, 6.07) is 8.82. The molecule has 0 bridgehead atoms. The summed E-state index contributed by atoms with van der Waals surface area (Å²) in [5.41, 5.74) is 11.7. The molecular weight excluding hydrogens is 401 g/mol. The van der Waals surface area contributed by atoms with Crippen molar-refractivity contribution in [3.05, 3.63) is 65.4 Å². The number of carbonyl (C=O) groups is 1. The highest BCUT2D eigenvalue weighted by Gasteiger charge is 2.23. The van der Waals surface area contributed by atoms with Gasteiger partial charge in [0.2, 0.25) is 5.88 Å². The second kappa shape index (κ2) is 9.58. The number of primary amides is 1. The molecule has 10 heteroatoms. The maximum absolute atomic E-state index is 12.9. The van der Waals surface area contributed by atoms with Crippen molar-refractivity contribution in [1.29, 1.82) is 10.7 Å². The van der Waals surface area contributed by atoms with Crippen molar-refractivity contribution in [1.82, 2.24) is 15.2 Å². The zero-order chi connectivity index (χ0) is 22.4. The van der Waals surface area contributed by atoms with Gasteiger partial charge >= 0.3 is 0 Å². The molecule has 9 nitrogen and oxygen atoms in total. The Morgan fingerprint density at radius 3 is 2.65 bits per heavy atom. The SMILES string of the molecule is N#CN1CCCC(N/C(N)=C(\C(=N)c2ccc(Oc3ccc(F)cn3)cc2)C(N)=O)C1. The lowest BCUT2D eigenvalue weighted by atomic mass is 10.0. The third kappa shape index (κ3) is 5.48. The molecule has 0 aliphatic carbocycles. The molecule has 1 aliphatic heterocycles. The van der Waals surface area contributed by atoms with E-state index in [1.165, 1.54) is 12.1 Å². The maximum Gasteiger partial charge on any atom is 0.254 e. The predicted molar refractivity (Wildman–Crippen MR) is 111 cm³/mol. The number of aromatic nitrogens is 1. The fraction of sp³-hybridized carbons (Fsp3) is 0.238. The van der Waals surface area contributed by atoms with Crippen molar-refractivity contribution < 1.29 is 13.9 Å². The van der Waals surface area contributed by atoms with Crippen LogP contribution in [-0.4, -0.2) is 40.6 Å². The van der Waals surface area contributed by atoms with Gasteiger partial charge in [-0.25, -0.2) is 9.37 Å². The van der Waals surface area contributed by atoms with Crippen LogP contribution in [0.15, 0.2) is 54.0 Å². The topological polar surface area (TPSA) is 154 Å². The molecule has 2 heterocycles. The molecule has 1 aromatic carbocycles. The molecule has 1 saturated heterocycles. The van der Waals surface area contributed by atoms with Crippen molar-refractivity contribution >= 4 is 11.6 Å². The Hall–Kier alpha value is -4.13. The van der Waals surface area contributed by atoms with Crippen molar-refractivity contribution in [3.8, 4) is 17.8 Å². The number of hydrogen-bond donors (Lipinski definition) is 4. The van der Waals surface area contributed by atoms with Gasteiger partial charge in [-0.2, -0.15) is 5.26 Å². The summed E-state index contributed by atoms with van der Waals surface area (Å²) in [5.74, 6) is -0.668. The van der Waals surface area contributed by atoms with Crippen molar-refractivity contribution in [2.45, 2.75) is 18.9 Å². The zero-order valence-corrected chi connectivity index (χ0v) is 16.6. The van der Waals surface area contributed by atoms with E-state index in [1.807, 2.05) is 0 Å². The van der Waals surface area contributed by atoms with E-state index in [0.29, 0.717) is 24.4 Å². The van der Waals surface area contributed by atoms with Crippen LogP contribution in [0.4, 0.5) is 4.39 Å². The van der Waals surface area contributed by atoms with E-state index in [1.54, 1.807) is 29.2 Å². The number of nitrogens with zero attached hydrogens (tertiary/aromatic N) is 3. The lowest BCUT2D eigenvalue weighted by molar-refractivity contribution is -0.114. The number of halogens is 1. The molecule has 1 amide bonds. The third-order valence-electron chi connectivity index (χ3n) is 4.75. The first-order valence-electron chi connectivity index (χ1n) is 9.57. The average Bonchev–Trinajstić information content (AvgIpc) is 2.75. The number of hydrogen-bond acceptors (Lipinski definition) is 8. The lowest BCUT2D eigenvalue weighted by Crippen LogP contribution is -2.46. The molecule has 0 saturated carbocycles.